The zero-order valence-electron chi connectivity index (χ0n) is 8.65. The predicted octanol–water partition coefficient (Wildman–Crippen LogP) is 2.27. The van der Waals surface area contributed by atoms with E-state index in [1.54, 1.807) is 12.4 Å². The fourth-order valence-corrected chi connectivity index (χ4v) is 2.11. The van der Waals surface area contributed by atoms with Crippen molar-refractivity contribution >= 4 is 5.97 Å². The highest BCUT2D eigenvalue weighted by atomic mass is 16.4. The number of hydrogen-bond acceptors (Lipinski definition) is 2. The summed E-state index contributed by atoms with van der Waals surface area (Å²) in [5, 5.41) is 9.15. The molecule has 0 aromatic carbocycles. The summed E-state index contributed by atoms with van der Waals surface area (Å²) in [6.45, 7) is 0. The summed E-state index contributed by atoms with van der Waals surface area (Å²) in [6, 6.07) is 3.91. The Balaban J connectivity index is 1.95. The average Bonchev–Trinajstić information content (AvgIpc) is 2.17. The number of aromatic nitrogens is 1. The van der Waals surface area contributed by atoms with E-state index in [4.69, 9.17) is 5.11 Å². The molecular weight excluding hydrogens is 190 g/mol. The van der Waals surface area contributed by atoms with Crippen LogP contribution in [0, 0.1) is 5.41 Å². The minimum atomic E-state index is -0.622. The van der Waals surface area contributed by atoms with Crippen molar-refractivity contribution in [3.63, 3.8) is 0 Å². The van der Waals surface area contributed by atoms with Crippen molar-refractivity contribution < 1.29 is 9.90 Å². The van der Waals surface area contributed by atoms with Crippen molar-refractivity contribution in [3.8, 4) is 0 Å². The van der Waals surface area contributed by atoms with E-state index in [9.17, 15) is 4.79 Å². The second-order valence-electron chi connectivity index (χ2n) is 4.29. The molecule has 15 heavy (non-hydrogen) atoms. The monoisotopic (exact) mass is 205 g/mol. The van der Waals surface area contributed by atoms with E-state index in [2.05, 4.69) is 4.98 Å². The lowest BCUT2D eigenvalue weighted by Gasteiger charge is -2.37. The van der Waals surface area contributed by atoms with Crippen molar-refractivity contribution in [1.29, 1.82) is 0 Å². The van der Waals surface area contributed by atoms with Crippen molar-refractivity contribution in [2.24, 2.45) is 5.41 Å². The largest absolute Gasteiger partial charge is 0.481 e. The Kier molecular flexibility index (Phi) is 2.71. The molecule has 1 aliphatic carbocycles. The zero-order chi connectivity index (χ0) is 10.7. The third-order valence-electron chi connectivity index (χ3n) is 3.41. The number of hydrogen-bond donors (Lipinski definition) is 1. The first-order valence-corrected chi connectivity index (χ1v) is 5.35. The zero-order valence-corrected chi connectivity index (χ0v) is 8.65. The third kappa shape index (κ3) is 2.01. The second kappa shape index (κ2) is 4.01. The van der Waals surface area contributed by atoms with Gasteiger partial charge in [-0.05, 0) is 43.4 Å². The van der Waals surface area contributed by atoms with Gasteiger partial charge in [0.2, 0.25) is 0 Å². The number of aliphatic carboxylic acids is 1. The van der Waals surface area contributed by atoms with Gasteiger partial charge in [-0.2, -0.15) is 0 Å². The molecule has 80 valence electrons. The lowest BCUT2D eigenvalue weighted by Crippen LogP contribution is -2.38. The van der Waals surface area contributed by atoms with Gasteiger partial charge in [-0.1, -0.05) is 6.42 Å². The second-order valence-corrected chi connectivity index (χ2v) is 4.29. The summed E-state index contributed by atoms with van der Waals surface area (Å²) in [5.74, 6) is -0.622. The molecule has 2 rings (SSSR count). The van der Waals surface area contributed by atoms with Crippen LogP contribution in [0.15, 0.2) is 24.5 Å². The molecule has 0 bridgehead atoms. The normalized spacial score (nSPS) is 18.1. The van der Waals surface area contributed by atoms with E-state index in [1.165, 1.54) is 5.56 Å². The first kappa shape index (κ1) is 10.1. The molecule has 0 radical (unpaired) electrons. The first-order chi connectivity index (χ1) is 7.23. The lowest BCUT2D eigenvalue weighted by atomic mass is 9.66. The van der Waals surface area contributed by atoms with Crippen LogP contribution in [0.4, 0.5) is 0 Å². The number of carboxylic acid groups (broad SMARTS) is 1. The van der Waals surface area contributed by atoms with Crippen LogP contribution in [0.3, 0.4) is 0 Å². The summed E-state index contributed by atoms with van der Waals surface area (Å²) in [4.78, 5) is 15.1. The predicted molar refractivity (Wildman–Crippen MR) is 56.5 cm³/mol. The number of rotatable bonds is 4. The standard InChI is InChI=1S/C12H15NO2/c14-11(15)12(5-1-6-12)7-2-10-3-8-13-9-4-10/h3-4,8-9H,1-2,5-7H2,(H,14,15). The summed E-state index contributed by atoms with van der Waals surface area (Å²) < 4.78 is 0. The highest BCUT2D eigenvalue weighted by Crippen LogP contribution is 2.44. The van der Waals surface area contributed by atoms with Crippen LogP contribution < -0.4 is 0 Å². The molecule has 1 N–H and O–H groups in total. The van der Waals surface area contributed by atoms with Gasteiger partial charge in [0.1, 0.15) is 0 Å². The Bertz CT molecular complexity index is 344. The molecule has 1 heterocycles. The Morgan fingerprint density at radius 3 is 2.53 bits per heavy atom. The van der Waals surface area contributed by atoms with E-state index in [-0.39, 0.29) is 0 Å². The van der Waals surface area contributed by atoms with E-state index in [0.717, 1.165) is 32.1 Å². The van der Waals surface area contributed by atoms with E-state index < -0.39 is 11.4 Å². The lowest BCUT2D eigenvalue weighted by molar-refractivity contribution is -0.155. The highest BCUT2D eigenvalue weighted by molar-refractivity contribution is 5.75. The fourth-order valence-electron chi connectivity index (χ4n) is 2.11. The quantitative estimate of drug-likeness (QED) is 0.820. The molecule has 0 atom stereocenters. The maximum Gasteiger partial charge on any atom is 0.309 e. The summed E-state index contributed by atoms with van der Waals surface area (Å²) in [6.07, 6.45) is 7.84. The minimum Gasteiger partial charge on any atom is -0.481 e. The molecule has 0 aliphatic heterocycles. The molecule has 1 fully saturated rings. The van der Waals surface area contributed by atoms with Crippen LogP contribution in [0.1, 0.15) is 31.2 Å². The average molecular weight is 205 g/mol. The number of pyridine rings is 1. The Morgan fingerprint density at radius 2 is 2.07 bits per heavy atom. The van der Waals surface area contributed by atoms with Gasteiger partial charge in [0.05, 0.1) is 5.41 Å². The third-order valence-corrected chi connectivity index (χ3v) is 3.41. The molecule has 0 amide bonds. The number of carbonyl (C=O) groups is 1. The smallest absolute Gasteiger partial charge is 0.309 e. The summed E-state index contributed by atoms with van der Waals surface area (Å²) in [5.41, 5.74) is 0.751. The maximum atomic E-state index is 11.1. The molecule has 0 spiro atoms. The van der Waals surface area contributed by atoms with Gasteiger partial charge in [-0.15, -0.1) is 0 Å². The van der Waals surface area contributed by atoms with Gasteiger partial charge in [0, 0.05) is 12.4 Å². The van der Waals surface area contributed by atoms with Gasteiger partial charge in [0.25, 0.3) is 0 Å². The van der Waals surface area contributed by atoms with E-state index in [1.807, 2.05) is 12.1 Å². The molecule has 0 unspecified atom stereocenters. The topological polar surface area (TPSA) is 50.2 Å². The van der Waals surface area contributed by atoms with Crippen molar-refractivity contribution in [2.45, 2.75) is 32.1 Å². The molecule has 3 heteroatoms. The Hall–Kier alpha value is -1.38. The highest BCUT2D eigenvalue weighted by Gasteiger charge is 2.43. The minimum absolute atomic E-state index is 0.427. The van der Waals surface area contributed by atoms with Crippen molar-refractivity contribution in [2.75, 3.05) is 0 Å². The maximum absolute atomic E-state index is 11.1. The van der Waals surface area contributed by atoms with Crippen LogP contribution in [0.2, 0.25) is 0 Å². The van der Waals surface area contributed by atoms with Gasteiger partial charge in [0.15, 0.2) is 0 Å². The van der Waals surface area contributed by atoms with Crippen LogP contribution >= 0.6 is 0 Å². The van der Waals surface area contributed by atoms with Gasteiger partial charge in [-0.3, -0.25) is 9.78 Å². The molecule has 1 aliphatic rings. The van der Waals surface area contributed by atoms with Gasteiger partial charge < -0.3 is 5.11 Å². The van der Waals surface area contributed by atoms with Gasteiger partial charge in [-0.25, -0.2) is 0 Å². The van der Waals surface area contributed by atoms with Crippen LogP contribution in [0.25, 0.3) is 0 Å². The molecule has 3 nitrogen and oxygen atoms in total. The van der Waals surface area contributed by atoms with Crippen LogP contribution in [0.5, 0.6) is 0 Å². The number of aryl methyl sites for hydroxylation is 1. The van der Waals surface area contributed by atoms with Gasteiger partial charge >= 0.3 is 5.97 Å². The Labute approximate surface area is 89.2 Å². The molecule has 1 aromatic heterocycles. The fraction of sp³-hybridized carbons (Fsp3) is 0.500. The molecule has 1 saturated carbocycles. The molecular formula is C12H15NO2. The summed E-state index contributed by atoms with van der Waals surface area (Å²) in [7, 11) is 0. The van der Waals surface area contributed by atoms with Crippen LogP contribution in [-0.2, 0) is 11.2 Å². The molecule has 1 aromatic rings. The van der Waals surface area contributed by atoms with Crippen LogP contribution in [-0.4, -0.2) is 16.1 Å². The first-order valence-electron chi connectivity index (χ1n) is 5.35. The SMILES string of the molecule is O=C(O)C1(CCc2ccncc2)CCC1. The van der Waals surface area contributed by atoms with Crippen molar-refractivity contribution in [1.82, 2.24) is 4.98 Å². The van der Waals surface area contributed by atoms with Crippen molar-refractivity contribution in [3.05, 3.63) is 30.1 Å². The number of nitrogens with zero attached hydrogens (tertiary/aromatic N) is 1. The van der Waals surface area contributed by atoms with E-state index >= 15 is 0 Å². The summed E-state index contributed by atoms with van der Waals surface area (Å²) >= 11 is 0. The number of carboxylic acids is 1. The Morgan fingerprint density at radius 1 is 1.40 bits per heavy atom. The molecule has 0 saturated heterocycles. The van der Waals surface area contributed by atoms with E-state index in [0.29, 0.717) is 0 Å².